The van der Waals surface area contributed by atoms with Gasteiger partial charge in [-0.25, -0.2) is 9.97 Å². The maximum atomic E-state index is 10.2. The SMILES string of the molecule is Cn1ncc2c(N3CCCC(C)(O)C3)ncnc21. The molecule has 0 aliphatic carbocycles. The lowest BCUT2D eigenvalue weighted by Crippen LogP contribution is -2.46. The molecule has 0 radical (unpaired) electrons. The molecule has 3 rings (SSSR count). The fourth-order valence-electron chi connectivity index (χ4n) is 2.60. The average molecular weight is 247 g/mol. The summed E-state index contributed by atoms with van der Waals surface area (Å²) in [7, 11) is 1.87. The molecule has 0 amide bonds. The minimum atomic E-state index is -0.641. The smallest absolute Gasteiger partial charge is 0.163 e. The van der Waals surface area contributed by atoms with E-state index in [1.54, 1.807) is 17.2 Å². The molecule has 1 aliphatic rings. The van der Waals surface area contributed by atoms with Gasteiger partial charge in [0.2, 0.25) is 0 Å². The molecule has 1 N–H and O–H groups in total. The number of hydrogen-bond donors (Lipinski definition) is 1. The molecule has 0 saturated carbocycles. The van der Waals surface area contributed by atoms with Gasteiger partial charge >= 0.3 is 0 Å². The number of hydrogen-bond acceptors (Lipinski definition) is 5. The van der Waals surface area contributed by atoms with E-state index in [1.165, 1.54) is 0 Å². The summed E-state index contributed by atoms with van der Waals surface area (Å²) in [4.78, 5) is 10.7. The number of anilines is 1. The van der Waals surface area contributed by atoms with Crippen LogP contribution in [0, 0.1) is 0 Å². The van der Waals surface area contributed by atoms with Crippen molar-refractivity contribution in [2.75, 3.05) is 18.0 Å². The summed E-state index contributed by atoms with van der Waals surface area (Å²) in [5.41, 5.74) is 0.183. The van der Waals surface area contributed by atoms with Crippen molar-refractivity contribution in [2.24, 2.45) is 7.05 Å². The zero-order valence-corrected chi connectivity index (χ0v) is 10.7. The fraction of sp³-hybridized carbons (Fsp3) is 0.583. The lowest BCUT2D eigenvalue weighted by atomic mass is 9.95. The molecule has 3 heterocycles. The van der Waals surface area contributed by atoms with Crippen LogP contribution in [0.2, 0.25) is 0 Å². The van der Waals surface area contributed by atoms with E-state index in [4.69, 9.17) is 0 Å². The van der Waals surface area contributed by atoms with Gasteiger partial charge in [0.05, 0.1) is 17.2 Å². The molecule has 0 bridgehead atoms. The molecule has 1 aliphatic heterocycles. The van der Waals surface area contributed by atoms with E-state index < -0.39 is 5.60 Å². The third-order valence-corrected chi connectivity index (χ3v) is 3.48. The van der Waals surface area contributed by atoms with Crippen LogP contribution in [-0.2, 0) is 7.05 Å². The number of rotatable bonds is 1. The van der Waals surface area contributed by atoms with Crippen LogP contribution in [0.1, 0.15) is 19.8 Å². The van der Waals surface area contributed by atoms with Crippen LogP contribution in [0.5, 0.6) is 0 Å². The summed E-state index contributed by atoms with van der Waals surface area (Å²) in [5.74, 6) is 0.869. The van der Waals surface area contributed by atoms with E-state index in [-0.39, 0.29) is 0 Å². The van der Waals surface area contributed by atoms with Crippen molar-refractivity contribution in [1.29, 1.82) is 0 Å². The minimum Gasteiger partial charge on any atom is -0.388 e. The summed E-state index contributed by atoms with van der Waals surface area (Å²) in [6.45, 7) is 3.39. The predicted octanol–water partition coefficient (Wildman–Crippen LogP) is 0.714. The first-order chi connectivity index (χ1) is 8.57. The van der Waals surface area contributed by atoms with Crippen LogP contribution in [-0.4, -0.2) is 43.5 Å². The summed E-state index contributed by atoms with van der Waals surface area (Å²) in [6.07, 6.45) is 5.15. The number of aryl methyl sites for hydroxylation is 1. The number of nitrogens with zero attached hydrogens (tertiary/aromatic N) is 5. The first-order valence-electron chi connectivity index (χ1n) is 6.17. The van der Waals surface area contributed by atoms with Crippen LogP contribution in [0.3, 0.4) is 0 Å². The quantitative estimate of drug-likeness (QED) is 0.804. The van der Waals surface area contributed by atoms with E-state index in [2.05, 4.69) is 20.0 Å². The van der Waals surface area contributed by atoms with E-state index in [9.17, 15) is 5.11 Å². The average Bonchev–Trinajstić information content (AvgIpc) is 2.70. The van der Waals surface area contributed by atoms with Crippen molar-refractivity contribution in [3.05, 3.63) is 12.5 Å². The topological polar surface area (TPSA) is 67.1 Å². The van der Waals surface area contributed by atoms with Crippen LogP contribution < -0.4 is 4.90 Å². The van der Waals surface area contributed by atoms with Gasteiger partial charge in [0.15, 0.2) is 5.65 Å². The summed E-state index contributed by atoms with van der Waals surface area (Å²) < 4.78 is 1.74. The van der Waals surface area contributed by atoms with Crippen molar-refractivity contribution in [3.63, 3.8) is 0 Å². The molecule has 18 heavy (non-hydrogen) atoms. The molecule has 0 spiro atoms. The van der Waals surface area contributed by atoms with Gasteiger partial charge in [-0.1, -0.05) is 0 Å². The molecular weight excluding hydrogens is 230 g/mol. The van der Waals surface area contributed by atoms with Gasteiger partial charge in [-0.3, -0.25) is 4.68 Å². The van der Waals surface area contributed by atoms with Crippen LogP contribution >= 0.6 is 0 Å². The maximum absolute atomic E-state index is 10.2. The van der Waals surface area contributed by atoms with Gasteiger partial charge in [-0.05, 0) is 19.8 Å². The lowest BCUT2D eigenvalue weighted by Gasteiger charge is -2.37. The van der Waals surface area contributed by atoms with Crippen molar-refractivity contribution >= 4 is 16.9 Å². The first kappa shape index (κ1) is 11.4. The maximum Gasteiger partial charge on any atom is 0.163 e. The van der Waals surface area contributed by atoms with Gasteiger partial charge in [-0.15, -0.1) is 0 Å². The van der Waals surface area contributed by atoms with Gasteiger partial charge < -0.3 is 10.0 Å². The Morgan fingerprint density at radius 2 is 2.22 bits per heavy atom. The summed E-state index contributed by atoms with van der Waals surface area (Å²) in [5, 5.41) is 15.3. The zero-order valence-electron chi connectivity index (χ0n) is 10.7. The van der Waals surface area contributed by atoms with Crippen LogP contribution in [0.25, 0.3) is 11.0 Å². The molecule has 0 aromatic carbocycles. The second-order valence-electron chi connectivity index (χ2n) is 5.22. The first-order valence-corrected chi connectivity index (χ1v) is 6.17. The molecule has 2 aromatic heterocycles. The van der Waals surface area contributed by atoms with Gasteiger partial charge in [0, 0.05) is 20.1 Å². The molecular formula is C12H17N5O. The van der Waals surface area contributed by atoms with Crippen molar-refractivity contribution in [1.82, 2.24) is 19.7 Å². The lowest BCUT2D eigenvalue weighted by molar-refractivity contribution is 0.0448. The van der Waals surface area contributed by atoms with Gasteiger partial charge in [-0.2, -0.15) is 5.10 Å². The standard InChI is InChI=1S/C12H17N5O/c1-12(18)4-3-5-17(7-12)11-9-6-15-16(2)10(9)13-8-14-11/h6,8,18H,3-5,7H2,1-2H3. The summed E-state index contributed by atoms with van der Waals surface area (Å²) >= 11 is 0. The highest BCUT2D eigenvalue weighted by atomic mass is 16.3. The number of aliphatic hydroxyl groups is 1. The molecule has 1 atom stereocenters. The van der Waals surface area contributed by atoms with E-state index in [0.717, 1.165) is 36.2 Å². The van der Waals surface area contributed by atoms with E-state index in [1.807, 2.05) is 14.0 Å². The molecule has 6 heteroatoms. The highest BCUT2D eigenvalue weighted by Gasteiger charge is 2.30. The van der Waals surface area contributed by atoms with Crippen molar-refractivity contribution in [3.8, 4) is 0 Å². The molecule has 96 valence electrons. The molecule has 1 unspecified atom stereocenters. The Balaban J connectivity index is 2.04. The Hall–Kier alpha value is -1.69. The number of aromatic nitrogens is 4. The van der Waals surface area contributed by atoms with Crippen molar-refractivity contribution < 1.29 is 5.11 Å². The van der Waals surface area contributed by atoms with E-state index >= 15 is 0 Å². The zero-order chi connectivity index (χ0) is 12.8. The van der Waals surface area contributed by atoms with E-state index in [0.29, 0.717) is 6.54 Å². The Labute approximate surface area is 105 Å². The third kappa shape index (κ3) is 1.82. The number of piperidine rings is 1. The fourth-order valence-corrected chi connectivity index (χ4v) is 2.60. The van der Waals surface area contributed by atoms with Gasteiger partial charge in [0.25, 0.3) is 0 Å². The Kier molecular flexibility index (Phi) is 2.48. The Morgan fingerprint density at radius 3 is 3.00 bits per heavy atom. The normalized spacial score (nSPS) is 24.7. The third-order valence-electron chi connectivity index (χ3n) is 3.48. The monoisotopic (exact) mass is 247 g/mol. The molecule has 2 aromatic rings. The second kappa shape index (κ2) is 3.91. The number of β-amino-alcohol motifs (C(OH)–C–C–N with tert-alkyl or cyclic N) is 1. The highest BCUT2D eigenvalue weighted by Crippen LogP contribution is 2.28. The molecule has 1 saturated heterocycles. The van der Waals surface area contributed by atoms with Gasteiger partial charge in [0.1, 0.15) is 12.1 Å². The van der Waals surface area contributed by atoms with Crippen LogP contribution in [0.15, 0.2) is 12.5 Å². The molecule has 6 nitrogen and oxygen atoms in total. The van der Waals surface area contributed by atoms with Crippen LogP contribution in [0.4, 0.5) is 5.82 Å². The van der Waals surface area contributed by atoms with Crippen molar-refractivity contribution in [2.45, 2.75) is 25.4 Å². The second-order valence-corrected chi connectivity index (χ2v) is 5.22. The molecule has 1 fully saturated rings. The minimum absolute atomic E-state index is 0.605. The predicted molar refractivity (Wildman–Crippen MR) is 68.4 cm³/mol. The Bertz CT molecular complexity index is 577. The Morgan fingerprint density at radius 1 is 1.39 bits per heavy atom. The highest BCUT2D eigenvalue weighted by molar-refractivity contribution is 5.86. The largest absolute Gasteiger partial charge is 0.388 e. The number of fused-ring (bicyclic) bond motifs is 1. The summed E-state index contributed by atoms with van der Waals surface area (Å²) in [6, 6.07) is 0.